The molecule has 0 radical (unpaired) electrons. The fourth-order valence-corrected chi connectivity index (χ4v) is 2.21. The first-order valence-electron chi connectivity index (χ1n) is 6.16. The third-order valence-corrected chi connectivity index (χ3v) is 3.28. The number of hydrogen-bond donors (Lipinski definition) is 1. The lowest BCUT2D eigenvalue weighted by atomic mass is 10.1. The summed E-state index contributed by atoms with van der Waals surface area (Å²) in [6.07, 6.45) is 9.07. The van der Waals surface area contributed by atoms with Crippen molar-refractivity contribution < 1.29 is 4.74 Å². The van der Waals surface area contributed by atoms with Gasteiger partial charge in [0.2, 0.25) is 11.8 Å². The van der Waals surface area contributed by atoms with Gasteiger partial charge in [0.1, 0.15) is 11.1 Å². The van der Waals surface area contributed by atoms with Crippen LogP contribution in [0.25, 0.3) is 0 Å². The predicted molar refractivity (Wildman–Crippen MR) is 68.7 cm³/mol. The number of nitrogens with one attached hydrogen (secondary N) is 1. The zero-order valence-corrected chi connectivity index (χ0v) is 10.8. The molecule has 4 nitrogen and oxygen atoms in total. The maximum absolute atomic E-state index is 6.04. The minimum atomic E-state index is 0.245. The van der Waals surface area contributed by atoms with Crippen molar-refractivity contribution in [3.05, 3.63) is 11.2 Å². The third kappa shape index (κ3) is 3.46. The van der Waals surface area contributed by atoms with Gasteiger partial charge in [0, 0.05) is 7.05 Å². The Morgan fingerprint density at radius 3 is 2.65 bits per heavy atom. The van der Waals surface area contributed by atoms with E-state index < -0.39 is 0 Å². The lowest BCUT2D eigenvalue weighted by molar-refractivity contribution is 0.176. The van der Waals surface area contributed by atoms with Crippen molar-refractivity contribution in [3.8, 4) is 5.88 Å². The van der Waals surface area contributed by atoms with Crippen LogP contribution in [-0.2, 0) is 0 Å². The second-order valence-corrected chi connectivity index (χ2v) is 4.74. The van der Waals surface area contributed by atoms with Crippen LogP contribution in [-0.4, -0.2) is 23.1 Å². The van der Waals surface area contributed by atoms with E-state index in [0.717, 1.165) is 12.8 Å². The number of nitrogens with zero attached hydrogens (tertiary/aromatic N) is 2. The van der Waals surface area contributed by atoms with Crippen LogP contribution in [0.4, 0.5) is 5.95 Å². The maximum atomic E-state index is 6.04. The highest BCUT2D eigenvalue weighted by Crippen LogP contribution is 2.27. The van der Waals surface area contributed by atoms with Crippen LogP contribution in [0.1, 0.15) is 38.5 Å². The number of ether oxygens (including phenoxy) is 1. The molecule has 0 aliphatic heterocycles. The van der Waals surface area contributed by atoms with Crippen LogP contribution >= 0.6 is 11.6 Å². The first-order chi connectivity index (χ1) is 8.29. The second-order valence-electron chi connectivity index (χ2n) is 4.33. The van der Waals surface area contributed by atoms with Gasteiger partial charge < -0.3 is 10.1 Å². The minimum Gasteiger partial charge on any atom is -0.473 e. The standard InChI is InChI=1S/C12H18ClN3O/c1-14-12-15-8-10(13)11(16-12)17-9-6-4-2-3-5-7-9/h8-9H,2-7H2,1H3,(H,14,15,16). The van der Waals surface area contributed by atoms with Gasteiger partial charge in [0.05, 0.1) is 6.20 Å². The SMILES string of the molecule is CNc1ncc(Cl)c(OC2CCCCCC2)n1. The number of rotatable bonds is 3. The smallest absolute Gasteiger partial charge is 0.237 e. The Morgan fingerprint density at radius 2 is 2.00 bits per heavy atom. The molecule has 0 unspecified atom stereocenters. The highest BCUT2D eigenvalue weighted by atomic mass is 35.5. The molecular weight excluding hydrogens is 238 g/mol. The van der Waals surface area contributed by atoms with E-state index in [9.17, 15) is 0 Å². The maximum Gasteiger partial charge on any atom is 0.237 e. The molecule has 17 heavy (non-hydrogen) atoms. The zero-order chi connectivity index (χ0) is 12.1. The van der Waals surface area contributed by atoms with E-state index in [1.807, 2.05) is 0 Å². The average molecular weight is 256 g/mol. The lowest BCUT2D eigenvalue weighted by Gasteiger charge is -2.17. The minimum absolute atomic E-state index is 0.245. The molecule has 0 saturated heterocycles. The Bertz CT molecular complexity index is 365. The van der Waals surface area contributed by atoms with Crippen molar-refractivity contribution in [2.45, 2.75) is 44.6 Å². The summed E-state index contributed by atoms with van der Waals surface area (Å²) in [4.78, 5) is 8.27. The summed E-state index contributed by atoms with van der Waals surface area (Å²) in [5.41, 5.74) is 0. The van der Waals surface area contributed by atoms with E-state index in [4.69, 9.17) is 16.3 Å². The van der Waals surface area contributed by atoms with Crippen LogP contribution in [0.3, 0.4) is 0 Å². The van der Waals surface area contributed by atoms with Crippen LogP contribution in [0.5, 0.6) is 5.88 Å². The van der Waals surface area contributed by atoms with Gasteiger partial charge in [-0.3, -0.25) is 0 Å². The Morgan fingerprint density at radius 1 is 1.29 bits per heavy atom. The third-order valence-electron chi connectivity index (χ3n) is 3.02. The lowest BCUT2D eigenvalue weighted by Crippen LogP contribution is -2.16. The number of halogens is 1. The van der Waals surface area contributed by atoms with Crippen molar-refractivity contribution in [2.24, 2.45) is 0 Å². The molecule has 0 amide bonds. The van der Waals surface area contributed by atoms with Crippen molar-refractivity contribution in [1.82, 2.24) is 9.97 Å². The molecule has 1 fully saturated rings. The number of hydrogen-bond acceptors (Lipinski definition) is 4. The van der Waals surface area contributed by atoms with E-state index in [0.29, 0.717) is 16.9 Å². The van der Waals surface area contributed by atoms with Crippen LogP contribution in [0.15, 0.2) is 6.20 Å². The molecule has 1 aliphatic carbocycles. The van der Waals surface area contributed by atoms with Gasteiger partial charge >= 0.3 is 0 Å². The molecule has 1 aromatic rings. The molecule has 94 valence electrons. The zero-order valence-electron chi connectivity index (χ0n) is 10.1. The monoisotopic (exact) mass is 255 g/mol. The van der Waals surface area contributed by atoms with Gasteiger partial charge in [0.15, 0.2) is 0 Å². The molecule has 1 saturated carbocycles. The number of aromatic nitrogens is 2. The summed E-state index contributed by atoms with van der Waals surface area (Å²) in [6, 6.07) is 0. The molecule has 1 N–H and O–H groups in total. The first kappa shape index (κ1) is 12.4. The molecule has 0 spiro atoms. The molecule has 0 atom stereocenters. The largest absolute Gasteiger partial charge is 0.473 e. The topological polar surface area (TPSA) is 47.0 Å². The summed E-state index contributed by atoms with van der Waals surface area (Å²) in [6.45, 7) is 0. The molecule has 2 rings (SSSR count). The van der Waals surface area contributed by atoms with Gasteiger partial charge in [-0.1, -0.05) is 24.4 Å². The Hall–Kier alpha value is -1.03. The van der Waals surface area contributed by atoms with E-state index in [-0.39, 0.29) is 6.10 Å². The quantitative estimate of drug-likeness (QED) is 0.842. The van der Waals surface area contributed by atoms with Crippen LogP contribution in [0, 0.1) is 0 Å². The second kappa shape index (κ2) is 6.05. The summed E-state index contributed by atoms with van der Waals surface area (Å²) < 4.78 is 5.89. The normalized spacial score (nSPS) is 17.5. The van der Waals surface area contributed by atoms with Crippen molar-refractivity contribution in [1.29, 1.82) is 0 Å². The summed E-state index contributed by atoms with van der Waals surface area (Å²) in [5, 5.41) is 3.36. The van der Waals surface area contributed by atoms with Gasteiger partial charge in [-0.15, -0.1) is 0 Å². The fourth-order valence-electron chi connectivity index (χ4n) is 2.07. The molecule has 0 aromatic carbocycles. The van der Waals surface area contributed by atoms with E-state index in [1.54, 1.807) is 13.2 Å². The Balaban J connectivity index is 2.05. The molecular formula is C12H18ClN3O. The van der Waals surface area contributed by atoms with Gasteiger partial charge in [-0.25, -0.2) is 4.98 Å². The molecule has 1 aliphatic rings. The van der Waals surface area contributed by atoms with E-state index >= 15 is 0 Å². The summed E-state index contributed by atoms with van der Waals surface area (Å²) in [7, 11) is 1.78. The van der Waals surface area contributed by atoms with Crippen LogP contribution in [0.2, 0.25) is 5.02 Å². The van der Waals surface area contributed by atoms with Crippen LogP contribution < -0.4 is 10.1 Å². The summed E-state index contributed by atoms with van der Waals surface area (Å²) >= 11 is 6.04. The van der Waals surface area contributed by atoms with Gasteiger partial charge in [0.25, 0.3) is 0 Å². The van der Waals surface area contributed by atoms with E-state index in [2.05, 4.69) is 15.3 Å². The fraction of sp³-hybridized carbons (Fsp3) is 0.667. The summed E-state index contributed by atoms with van der Waals surface area (Å²) in [5.74, 6) is 1.04. The average Bonchev–Trinajstić information content (AvgIpc) is 2.60. The molecule has 1 aromatic heterocycles. The van der Waals surface area contributed by atoms with Crippen molar-refractivity contribution in [3.63, 3.8) is 0 Å². The Labute approximate surface area is 107 Å². The Kier molecular flexibility index (Phi) is 4.42. The molecule has 5 heteroatoms. The molecule has 1 heterocycles. The molecule has 0 bridgehead atoms. The highest BCUT2D eigenvalue weighted by Gasteiger charge is 2.16. The first-order valence-corrected chi connectivity index (χ1v) is 6.54. The number of anilines is 1. The highest BCUT2D eigenvalue weighted by molar-refractivity contribution is 6.31. The van der Waals surface area contributed by atoms with Gasteiger partial charge in [-0.2, -0.15) is 4.98 Å². The van der Waals surface area contributed by atoms with E-state index in [1.165, 1.54) is 25.7 Å². The van der Waals surface area contributed by atoms with Crippen molar-refractivity contribution in [2.75, 3.05) is 12.4 Å². The van der Waals surface area contributed by atoms with Crippen molar-refractivity contribution >= 4 is 17.5 Å². The van der Waals surface area contributed by atoms with Gasteiger partial charge in [-0.05, 0) is 25.7 Å². The predicted octanol–water partition coefficient (Wildman–Crippen LogP) is 3.27.